The summed E-state index contributed by atoms with van der Waals surface area (Å²) in [6.07, 6.45) is 1.38. The van der Waals surface area contributed by atoms with E-state index in [0.717, 1.165) is 0 Å². The van der Waals surface area contributed by atoms with E-state index in [9.17, 15) is 14.7 Å². The van der Waals surface area contributed by atoms with Crippen LogP contribution in [0.15, 0.2) is 42.0 Å². The maximum Gasteiger partial charge on any atom is 0.253 e. The summed E-state index contributed by atoms with van der Waals surface area (Å²) < 4.78 is 0. The Bertz CT molecular complexity index is 540. The fourth-order valence-electron chi connectivity index (χ4n) is 1.33. The van der Waals surface area contributed by atoms with Crippen LogP contribution in [0.3, 0.4) is 0 Å². The Labute approximate surface area is 107 Å². The highest BCUT2D eigenvalue weighted by atomic mass is 32.1. The zero-order chi connectivity index (χ0) is 13.0. The Morgan fingerprint density at radius 1 is 1.28 bits per heavy atom. The summed E-state index contributed by atoms with van der Waals surface area (Å²) in [7, 11) is 0. The number of rotatable bonds is 4. The van der Waals surface area contributed by atoms with E-state index in [-0.39, 0.29) is 0 Å². The fourth-order valence-corrected chi connectivity index (χ4v) is 2.02. The zero-order valence-electron chi connectivity index (χ0n) is 9.24. The Balaban J connectivity index is 2.02. The number of nitrogens with zero attached hydrogens (tertiary/aromatic N) is 1. The first-order valence-corrected chi connectivity index (χ1v) is 6.03. The van der Waals surface area contributed by atoms with E-state index in [1.54, 1.807) is 17.5 Å². The van der Waals surface area contributed by atoms with E-state index in [1.165, 1.54) is 35.9 Å². The molecule has 0 spiro atoms. The number of nitrogens with one attached hydrogen (secondary N) is 1. The third kappa shape index (κ3) is 2.79. The number of thiophene rings is 1. The molecule has 2 aromatic rings. The maximum atomic E-state index is 11.7. The lowest BCUT2D eigenvalue weighted by molar-refractivity contribution is 0.0610. The first kappa shape index (κ1) is 12.4. The van der Waals surface area contributed by atoms with Crippen LogP contribution >= 0.6 is 11.3 Å². The Kier molecular flexibility index (Phi) is 3.81. The van der Waals surface area contributed by atoms with Crippen molar-refractivity contribution in [2.45, 2.75) is 6.23 Å². The van der Waals surface area contributed by atoms with Crippen LogP contribution in [-0.2, 0) is 0 Å². The van der Waals surface area contributed by atoms with Crippen LogP contribution in [0.1, 0.15) is 20.0 Å². The highest BCUT2D eigenvalue weighted by molar-refractivity contribution is 7.12. The molecule has 0 aliphatic rings. The van der Waals surface area contributed by atoms with Crippen molar-refractivity contribution in [2.24, 2.45) is 0 Å². The van der Waals surface area contributed by atoms with E-state index in [4.69, 9.17) is 0 Å². The van der Waals surface area contributed by atoms with Crippen molar-refractivity contribution in [3.63, 3.8) is 0 Å². The molecule has 2 rings (SSSR count). The number of aliphatic hydroxyl groups excluding tert-OH is 1. The topological polar surface area (TPSA) is 79.3 Å². The highest BCUT2D eigenvalue weighted by Crippen LogP contribution is 2.10. The molecule has 0 aliphatic carbocycles. The Morgan fingerprint density at radius 3 is 2.61 bits per heavy atom. The van der Waals surface area contributed by atoms with Gasteiger partial charge in [0.25, 0.3) is 5.91 Å². The van der Waals surface area contributed by atoms with Gasteiger partial charge in [0, 0.05) is 18.0 Å². The largest absolute Gasteiger partial charge is 0.367 e. The van der Waals surface area contributed by atoms with Crippen molar-refractivity contribution in [3.05, 3.63) is 52.5 Å². The predicted molar refractivity (Wildman–Crippen MR) is 66.4 cm³/mol. The van der Waals surface area contributed by atoms with E-state index >= 15 is 0 Å². The zero-order valence-corrected chi connectivity index (χ0v) is 10.1. The molecule has 6 heteroatoms. The molecule has 5 nitrogen and oxygen atoms in total. The van der Waals surface area contributed by atoms with Crippen LogP contribution in [0.2, 0.25) is 0 Å². The van der Waals surface area contributed by atoms with Gasteiger partial charge in [-0.05, 0) is 23.6 Å². The molecular formula is C12H10N2O3S. The quantitative estimate of drug-likeness (QED) is 0.638. The molecule has 0 saturated carbocycles. The summed E-state index contributed by atoms with van der Waals surface area (Å²) in [5, 5.41) is 13.6. The van der Waals surface area contributed by atoms with Gasteiger partial charge in [0.15, 0.2) is 6.23 Å². The highest BCUT2D eigenvalue weighted by Gasteiger charge is 2.20. The second-order valence-electron chi connectivity index (χ2n) is 3.45. The number of carbonyl (C=O) groups excluding carboxylic acids is 2. The summed E-state index contributed by atoms with van der Waals surface area (Å²) in [5.41, 5.74) is 0.336. The molecule has 92 valence electrons. The molecule has 0 unspecified atom stereocenters. The molecule has 0 aromatic carbocycles. The number of Topliss-reactive ketones (excluding diaryl/α,β-unsaturated/α-hetero) is 1. The first-order valence-electron chi connectivity index (χ1n) is 5.15. The molecule has 18 heavy (non-hydrogen) atoms. The van der Waals surface area contributed by atoms with Gasteiger partial charge < -0.3 is 10.4 Å². The average molecular weight is 262 g/mol. The first-order chi connectivity index (χ1) is 8.68. The van der Waals surface area contributed by atoms with E-state index in [1.807, 2.05) is 0 Å². The SMILES string of the molecule is O=C(N[C@H](O)C(=O)c1cccs1)c1ccncc1. The number of amides is 1. The van der Waals surface area contributed by atoms with Crippen molar-refractivity contribution in [1.29, 1.82) is 0 Å². The van der Waals surface area contributed by atoms with Gasteiger partial charge >= 0.3 is 0 Å². The minimum Gasteiger partial charge on any atom is -0.367 e. The van der Waals surface area contributed by atoms with Gasteiger partial charge in [0.05, 0.1) is 4.88 Å². The average Bonchev–Trinajstić information content (AvgIpc) is 2.92. The van der Waals surface area contributed by atoms with E-state index in [0.29, 0.717) is 10.4 Å². The molecule has 0 radical (unpaired) electrons. The number of carbonyl (C=O) groups is 2. The van der Waals surface area contributed by atoms with Gasteiger partial charge in [0.1, 0.15) is 0 Å². The molecule has 0 fully saturated rings. The number of ketones is 1. The minimum absolute atomic E-state index is 0.336. The second-order valence-corrected chi connectivity index (χ2v) is 4.40. The molecular weight excluding hydrogens is 252 g/mol. The van der Waals surface area contributed by atoms with Gasteiger partial charge in [-0.1, -0.05) is 6.07 Å². The molecule has 2 aromatic heterocycles. The third-order valence-electron chi connectivity index (χ3n) is 2.22. The summed E-state index contributed by atoms with van der Waals surface area (Å²) >= 11 is 1.21. The number of aromatic nitrogens is 1. The van der Waals surface area contributed by atoms with Crippen LogP contribution in [0.25, 0.3) is 0 Å². The van der Waals surface area contributed by atoms with Gasteiger partial charge in [-0.2, -0.15) is 0 Å². The lowest BCUT2D eigenvalue weighted by atomic mass is 10.2. The number of hydrogen-bond acceptors (Lipinski definition) is 5. The Morgan fingerprint density at radius 2 is 2.00 bits per heavy atom. The molecule has 0 bridgehead atoms. The van der Waals surface area contributed by atoms with Crippen LogP contribution in [-0.4, -0.2) is 28.0 Å². The fraction of sp³-hybridized carbons (Fsp3) is 0.0833. The minimum atomic E-state index is -1.54. The molecule has 0 aliphatic heterocycles. The molecule has 1 atom stereocenters. The summed E-state index contributed by atoms with van der Waals surface area (Å²) in [6, 6.07) is 6.29. The van der Waals surface area contributed by atoms with Gasteiger partial charge in [-0.3, -0.25) is 14.6 Å². The van der Waals surface area contributed by atoms with Crippen molar-refractivity contribution >= 4 is 23.0 Å². The number of hydrogen-bond donors (Lipinski definition) is 2. The normalized spacial score (nSPS) is 11.8. The monoisotopic (exact) mass is 262 g/mol. The van der Waals surface area contributed by atoms with E-state index < -0.39 is 17.9 Å². The van der Waals surface area contributed by atoms with Crippen molar-refractivity contribution in [3.8, 4) is 0 Å². The van der Waals surface area contributed by atoms with Crippen LogP contribution in [0.5, 0.6) is 0 Å². The van der Waals surface area contributed by atoms with Crippen LogP contribution in [0, 0.1) is 0 Å². The smallest absolute Gasteiger partial charge is 0.253 e. The predicted octanol–water partition coefficient (Wildman–Crippen LogP) is 1.07. The third-order valence-corrected chi connectivity index (χ3v) is 3.11. The van der Waals surface area contributed by atoms with Gasteiger partial charge in [-0.15, -0.1) is 11.3 Å². The van der Waals surface area contributed by atoms with Gasteiger partial charge in [0.2, 0.25) is 5.78 Å². The van der Waals surface area contributed by atoms with Crippen molar-refractivity contribution in [1.82, 2.24) is 10.3 Å². The Hall–Kier alpha value is -2.05. The van der Waals surface area contributed by atoms with Crippen molar-refractivity contribution in [2.75, 3.05) is 0 Å². The second kappa shape index (κ2) is 5.52. The maximum absolute atomic E-state index is 11.7. The molecule has 1 amide bonds. The van der Waals surface area contributed by atoms with Crippen LogP contribution in [0.4, 0.5) is 0 Å². The van der Waals surface area contributed by atoms with Crippen LogP contribution < -0.4 is 5.32 Å². The van der Waals surface area contributed by atoms with Gasteiger partial charge in [-0.25, -0.2) is 0 Å². The number of aliphatic hydroxyl groups is 1. The van der Waals surface area contributed by atoms with E-state index in [2.05, 4.69) is 10.3 Å². The lowest BCUT2D eigenvalue weighted by Gasteiger charge is -2.10. The van der Waals surface area contributed by atoms with Crippen molar-refractivity contribution < 1.29 is 14.7 Å². The molecule has 2 heterocycles. The molecule has 2 N–H and O–H groups in total. The summed E-state index contributed by atoms with van der Waals surface area (Å²) in [4.78, 5) is 27.6. The summed E-state index contributed by atoms with van der Waals surface area (Å²) in [5.74, 6) is -1.04. The number of pyridine rings is 1. The molecule has 0 saturated heterocycles. The lowest BCUT2D eigenvalue weighted by Crippen LogP contribution is -2.40. The standard InChI is InChI=1S/C12H10N2O3S/c15-10(9-2-1-7-18-9)12(17)14-11(16)8-3-5-13-6-4-8/h1-7,12,17H,(H,14,16)/t12-/m1/s1. The summed E-state index contributed by atoms with van der Waals surface area (Å²) in [6.45, 7) is 0.